The smallest absolute Gasteiger partial charge is 0.132 e. The molecular weight excluding hydrogens is 262 g/mol. The summed E-state index contributed by atoms with van der Waals surface area (Å²) in [6, 6.07) is 5.77. The van der Waals surface area contributed by atoms with Crippen LogP contribution in [0.1, 0.15) is 12.5 Å². The molecule has 1 saturated heterocycles. The van der Waals surface area contributed by atoms with Gasteiger partial charge in [-0.3, -0.25) is 0 Å². The summed E-state index contributed by atoms with van der Waals surface area (Å²) in [5, 5.41) is 0. The SMILES string of the molecule is CCOc1ccc(C(=S)N2CCOCC2)c(OC)c1. The molecule has 1 heterocycles. The molecule has 1 aliphatic heterocycles. The predicted octanol–water partition coefficient (Wildman–Crippen LogP) is 2.10. The molecule has 5 heteroatoms. The molecule has 1 fully saturated rings. The van der Waals surface area contributed by atoms with Gasteiger partial charge in [-0.1, -0.05) is 12.2 Å². The topological polar surface area (TPSA) is 30.9 Å². The second kappa shape index (κ2) is 6.73. The molecule has 4 nitrogen and oxygen atoms in total. The first kappa shape index (κ1) is 14.1. The maximum Gasteiger partial charge on any atom is 0.132 e. The number of hydrogen-bond donors (Lipinski definition) is 0. The van der Waals surface area contributed by atoms with Gasteiger partial charge in [0.15, 0.2) is 0 Å². The van der Waals surface area contributed by atoms with Crippen LogP contribution < -0.4 is 9.47 Å². The zero-order chi connectivity index (χ0) is 13.7. The van der Waals surface area contributed by atoms with Gasteiger partial charge in [0.25, 0.3) is 0 Å². The highest BCUT2D eigenvalue weighted by molar-refractivity contribution is 7.80. The largest absolute Gasteiger partial charge is 0.496 e. The van der Waals surface area contributed by atoms with E-state index in [4.69, 9.17) is 26.4 Å². The summed E-state index contributed by atoms with van der Waals surface area (Å²) in [6.07, 6.45) is 0. The highest BCUT2D eigenvalue weighted by atomic mass is 32.1. The molecule has 0 amide bonds. The number of ether oxygens (including phenoxy) is 3. The maximum atomic E-state index is 5.55. The molecule has 0 unspecified atom stereocenters. The van der Waals surface area contributed by atoms with Crippen LogP contribution in [-0.4, -0.2) is 49.9 Å². The van der Waals surface area contributed by atoms with Crippen molar-refractivity contribution in [3.63, 3.8) is 0 Å². The van der Waals surface area contributed by atoms with Crippen molar-refractivity contribution in [2.45, 2.75) is 6.92 Å². The van der Waals surface area contributed by atoms with Crippen molar-refractivity contribution in [1.29, 1.82) is 0 Å². The molecule has 1 aliphatic rings. The summed E-state index contributed by atoms with van der Waals surface area (Å²) >= 11 is 5.55. The van der Waals surface area contributed by atoms with Crippen molar-refractivity contribution in [3.05, 3.63) is 23.8 Å². The van der Waals surface area contributed by atoms with Gasteiger partial charge in [-0.05, 0) is 19.1 Å². The number of hydrogen-bond acceptors (Lipinski definition) is 4. The average molecular weight is 281 g/mol. The average Bonchev–Trinajstić information content (AvgIpc) is 2.47. The lowest BCUT2D eigenvalue weighted by atomic mass is 10.1. The zero-order valence-electron chi connectivity index (χ0n) is 11.3. The first-order chi connectivity index (χ1) is 9.26. The van der Waals surface area contributed by atoms with E-state index >= 15 is 0 Å². The molecule has 104 valence electrons. The molecular formula is C14H19NO3S. The molecule has 1 aromatic carbocycles. The van der Waals surface area contributed by atoms with Crippen LogP contribution in [0, 0.1) is 0 Å². The molecule has 0 bridgehead atoms. The van der Waals surface area contributed by atoms with E-state index in [1.54, 1.807) is 7.11 Å². The summed E-state index contributed by atoms with van der Waals surface area (Å²) in [6.45, 7) is 5.69. The monoisotopic (exact) mass is 281 g/mol. The van der Waals surface area contributed by atoms with Gasteiger partial charge in [-0.15, -0.1) is 0 Å². The van der Waals surface area contributed by atoms with E-state index in [1.165, 1.54) is 0 Å². The fourth-order valence-electron chi connectivity index (χ4n) is 2.04. The normalized spacial score (nSPS) is 15.2. The van der Waals surface area contributed by atoms with E-state index in [1.807, 2.05) is 25.1 Å². The van der Waals surface area contributed by atoms with Crippen LogP contribution >= 0.6 is 12.2 Å². The molecule has 0 saturated carbocycles. The van der Waals surface area contributed by atoms with Crippen LogP contribution in [0.4, 0.5) is 0 Å². The van der Waals surface area contributed by atoms with Gasteiger partial charge in [0.1, 0.15) is 16.5 Å². The van der Waals surface area contributed by atoms with E-state index < -0.39 is 0 Å². The predicted molar refractivity (Wildman–Crippen MR) is 78.3 cm³/mol. The molecule has 1 aromatic rings. The van der Waals surface area contributed by atoms with Crippen molar-refractivity contribution in [2.24, 2.45) is 0 Å². The number of morpholine rings is 1. The van der Waals surface area contributed by atoms with Gasteiger partial charge in [0.2, 0.25) is 0 Å². The van der Waals surface area contributed by atoms with Gasteiger partial charge in [0, 0.05) is 19.2 Å². The minimum Gasteiger partial charge on any atom is -0.496 e. The Bertz CT molecular complexity index is 444. The fourth-order valence-corrected chi connectivity index (χ4v) is 2.39. The van der Waals surface area contributed by atoms with Gasteiger partial charge in [-0.2, -0.15) is 0 Å². The van der Waals surface area contributed by atoms with Crippen molar-refractivity contribution < 1.29 is 14.2 Å². The second-order valence-corrected chi connectivity index (χ2v) is 4.59. The first-order valence-electron chi connectivity index (χ1n) is 6.44. The van der Waals surface area contributed by atoms with Gasteiger partial charge < -0.3 is 19.1 Å². The fraction of sp³-hybridized carbons (Fsp3) is 0.500. The van der Waals surface area contributed by atoms with Gasteiger partial charge in [-0.25, -0.2) is 0 Å². The van der Waals surface area contributed by atoms with Crippen molar-refractivity contribution in [1.82, 2.24) is 4.90 Å². The Hall–Kier alpha value is -1.33. The molecule has 0 spiro atoms. The molecule has 2 rings (SSSR count). The van der Waals surface area contributed by atoms with Crippen LogP contribution in [0.25, 0.3) is 0 Å². The van der Waals surface area contributed by atoms with E-state index in [2.05, 4.69) is 4.90 Å². The second-order valence-electron chi connectivity index (χ2n) is 4.20. The lowest BCUT2D eigenvalue weighted by Crippen LogP contribution is -2.40. The summed E-state index contributed by atoms with van der Waals surface area (Å²) in [4.78, 5) is 2.96. The summed E-state index contributed by atoms with van der Waals surface area (Å²) in [5.41, 5.74) is 0.933. The van der Waals surface area contributed by atoms with Crippen LogP contribution in [0.2, 0.25) is 0 Å². The van der Waals surface area contributed by atoms with E-state index in [-0.39, 0.29) is 0 Å². The Morgan fingerprint density at radius 3 is 2.74 bits per heavy atom. The first-order valence-corrected chi connectivity index (χ1v) is 6.85. The lowest BCUT2D eigenvalue weighted by molar-refractivity contribution is 0.0692. The maximum absolute atomic E-state index is 5.55. The quantitative estimate of drug-likeness (QED) is 0.789. The van der Waals surface area contributed by atoms with Crippen molar-refractivity contribution in [3.8, 4) is 11.5 Å². The minimum absolute atomic E-state index is 0.635. The van der Waals surface area contributed by atoms with Crippen molar-refractivity contribution >= 4 is 17.2 Å². The van der Waals surface area contributed by atoms with Crippen LogP contribution in [0.15, 0.2) is 18.2 Å². The third-order valence-corrected chi connectivity index (χ3v) is 3.49. The number of methoxy groups -OCH3 is 1. The van der Waals surface area contributed by atoms with Crippen LogP contribution in [0.5, 0.6) is 11.5 Å². The van der Waals surface area contributed by atoms with Crippen molar-refractivity contribution in [2.75, 3.05) is 40.0 Å². The lowest BCUT2D eigenvalue weighted by Gasteiger charge is -2.29. The van der Waals surface area contributed by atoms with E-state index in [9.17, 15) is 0 Å². The third-order valence-electron chi connectivity index (χ3n) is 3.01. The Kier molecular flexibility index (Phi) is 4.99. The highest BCUT2D eigenvalue weighted by Gasteiger charge is 2.18. The molecule has 0 aliphatic carbocycles. The molecule has 0 N–H and O–H groups in total. The summed E-state index contributed by atoms with van der Waals surface area (Å²) in [5.74, 6) is 1.55. The number of thiocarbonyl (C=S) groups is 1. The molecule has 0 aromatic heterocycles. The summed E-state index contributed by atoms with van der Waals surface area (Å²) in [7, 11) is 1.65. The molecule has 0 radical (unpaired) electrons. The standard InChI is InChI=1S/C14H19NO3S/c1-3-18-11-4-5-12(13(10-11)16-2)14(19)15-6-8-17-9-7-15/h4-5,10H,3,6-9H2,1-2H3. The van der Waals surface area contributed by atoms with Crippen LogP contribution in [-0.2, 0) is 4.74 Å². The molecule has 0 atom stereocenters. The highest BCUT2D eigenvalue weighted by Crippen LogP contribution is 2.26. The summed E-state index contributed by atoms with van der Waals surface area (Å²) < 4.78 is 16.2. The van der Waals surface area contributed by atoms with E-state index in [0.29, 0.717) is 6.61 Å². The number of benzene rings is 1. The van der Waals surface area contributed by atoms with Crippen LogP contribution in [0.3, 0.4) is 0 Å². The number of nitrogens with zero attached hydrogens (tertiary/aromatic N) is 1. The minimum atomic E-state index is 0.635. The van der Waals surface area contributed by atoms with Gasteiger partial charge >= 0.3 is 0 Å². The number of rotatable bonds is 4. The molecule has 19 heavy (non-hydrogen) atoms. The Morgan fingerprint density at radius 1 is 1.37 bits per heavy atom. The zero-order valence-corrected chi connectivity index (χ0v) is 12.2. The Balaban J connectivity index is 2.20. The van der Waals surface area contributed by atoms with Gasteiger partial charge in [0.05, 0.1) is 32.5 Å². The van der Waals surface area contributed by atoms with E-state index in [0.717, 1.165) is 48.4 Å². The third kappa shape index (κ3) is 3.36. The Labute approximate surface area is 119 Å². The Morgan fingerprint density at radius 2 is 2.11 bits per heavy atom.